The van der Waals surface area contributed by atoms with Gasteiger partial charge in [-0.1, -0.05) is 38.5 Å². The van der Waals surface area contributed by atoms with Gasteiger partial charge in [-0.05, 0) is 25.7 Å². The molecule has 2 fully saturated rings. The summed E-state index contributed by atoms with van der Waals surface area (Å²) in [5.41, 5.74) is 0. The molecular weight excluding hydrogens is 234 g/mol. The maximum atomic E-state index is 12.1. The van der Waals surface area contributed by atoms with Gasteiger partial charge in [0.25, 0.3) is 0 Å². The second-order valence-corrected chi connectivity index (χ2v) is 5.79. The van der Waals surface area contributed by atoms with Gasteiger partial charge in [-0.2, -0.15) is 0 Å². The normalized spacial score (nSPS) is 23.6. The fourth-order valence-electron chi connectivity index (χ4n) is 3.49. The van der Waals surface area contributed by atoms with E-state index in [9.17, 15) is 4.79 Å². The van der Waals surface area contributed by atoms with E-state index in [4.69, 9.17) is 11.6 Å². The molecule has 0 aliphatic heterocycles. The topological polar surface area (TPSA) is 20.3 Å². The lowest BCUT2D eigenvalue weighted by molar-refractivity contribution is -0.135. The van der Waals surface area contributed by atoms with Crippen LogP contribution in [-0.2, 0) is 4.79 Å². The van der Waals surface area contributed by atoms with Crippen LogP contribution in [0, 0.1) is 0 Å². The van der Waals surface area contributed by atoms with Gasteiger partial charge < -0.3 is 4.90 Å². The van der Waals surface area contributed by atoms with Crippen molar-refractivity contribution in [2.24, 2.45) is 0 Å². The highest BCUT2D eigenvalue weighted by Crippen LogP contribution is 2.30. The van der Waals surface area contributed by atoms with E-state index < -0.39 is 0 Å². The molecule has 0 atom stereocenters. The molecule has 2 aliphatic carbocycles. The van der Waals surface area contributed by atoms with Crippen LogP contribution in [0.15, 0.2) is 0 Å². The van der Waals surface area contributed by atoms with Gasteiger partial charge in [0.05, 0.1) is 0 Å². The van der Waals surface area contributed by atoms with Crippen molar-refractivity contribution in [3.05, 3.63) is 0 Å². The van der Waals surface area contributed by atoms with Crippen molar-refractivity contribution in [3.63, 3.8) is 0 Å². The molecule has 0 aromatic heterocycles. The highest BCUT2D eigenvalue weighted by molar-refractivity contribution is 6.27. The number of amides is 1. The number of alkyl halides is 1. The number of hydrogen-bond donors (Lipinski definition) is 0. The summed E-state index contributed by atoms with van der Waals surface area (Å²) in [5, 5.41) is 0. The Morgan fingerprint density at radius 3 is 1.65 bits per heavy atom. The van der Waals surface area contributed by atoms with E-state index in [0.29, 0.717) is 12.1 Å². The molecule has 0 bridgehead atoms. The number of nitrogens with zero attached hydrogens (tertiary/aromatic N) is 1. The van der Waals surface area contributed by atoms with Crippen LogP contribution in [0.5, 0.6) is 0 Å². The number of carbonyl (C=O) groups excluding carboxylic acids is 1. The van der Waals surface area contributed by atoms with Gasteiger partial charge >= 0.3 is 0 Å². The minimum Gasteiger partial charge on any atom is -0.336 e. The van der Waals surface area contributed by atoms with E-state index in [1.165, 1.54) is 64.2 Å². The van der Waals surface area contributed by atoms with Crippen molar-refractivity contribution in [2.75, 3.05) is 5.88 Å². The molecule has 2 rings (SSSR count). The molecule has 3 heteroatoms. The highest BCUT2D eigenvalue weighted by atomic mass is 35.5. The molecule has 0 aromatic carbocycles. The van der Waals surface area contributed by atoms with Crippen LogP contribution in [0.2, 0.25) is 0 Å². The first-order valence-electron chi connectivity index (χ1n) is 7.20. The van der Waals surface area contributed by atoms with Gasteiger partial charge in [0.1, 0.15) is 5.88 Å². The van der Waals surface area contributed by atoms with Crippen molar-refractivity contribution in [2.45, 2.75) is 76.3 Å². The predicted octanol–water partition coefficient (Wildman–Crippen LogP) is 3.72. The van der Waals surface area contributed by atoms with Crippen molar-refractivity contribution < 1.29 is 4.79 Å². The third kappa shape index (κ3) is 3.37. The Hall–Kier alpha value is -0.240. The summed E-state index contributed by atoms with van der Waals surface area (Å²) in [4.78, 5) is 14.3. The van der Waals surface area contributed by atoms with Crippen LogP contribution in [0.4, 0.5) is 0 Å². The molecular formula is C14H24ClNO. The van der Waals surface area contributed by atoms with Gasteiger partial charge in [-0.3, -0.25) is 4.79 Å². The van der Waals surface area contributed by atoms with E-state index in [-0.39, 0.29) is 11.8 Å². The molecule has 0 radical (unpaired) electrons. The number of rotatable bonds is 3. The summed E-state index contributed by atoms with van der Waals surface area (Å²) in [6, 6.07) is 0.969. The molecule has 2 nitrogen and oxygen atoms in total. The third-order valence-electron chi connectivity index (χ3n) is 4.34. The molecule has 17 heavy (non-hydrogen) atoms. The van der Waals surface area contributed by atoms with Crippen molar-refractivity contribution in [1.29, 1.82) is 0 Å². The van der Waals surface area contributed by atoms with E-state index in [1.807, 2.05) is 0 Å². The lowest BCUT2D eigenvalue weighted by Crippen LogP contribution is -2.49. The van der Waals surface area contributed by atoms with Crippen LogP contribution < -0.4 is 0 Å². The van der Waals surface area contributed by atoms with E-state index >= 15 is 0 Å². The first kappa shape index (κ1) is 13.2. The summed E-state index contributed by atoms with van der Waals surface area (Å²) < 4.78 is 0. The van der Waals surface area contributed by atoms with Crippen molar-refractivity contribution in [1.82, 2.24) is 4.90 Å². The van der Waals surface area contributed by atoms with Gasteiger partial charge in [-0.25, -0.2) is 0 Å². The standard InChI is InChI=1S/C14H24ClNO/c15-11-14(17)16(12-7-3-1-4-8-12)13-9-5-2-6-10-13/h12-13H,1-11H2. The van der Waals surface area contributed by atoms with Crippen LogP contribution in [0.25, 0.3) is 0 Å². The zero-order valence-corrected chi connectivity index (χ0v) is 11.4. The molecule has 2 aliphatic rings. The quantitative estimate of drug-likeness (QED) is 0.706. The van der Waals surface area contributed by atoms with E-state index in [2.05, 4.69) is 4.90 Å². The summed E-state index contributed by atoms with van der Waals surface area (Å²) in [6.45, 7) is 0. The number of halogens is 1. The van der Waals surface area contributed by atoms with E-state index in [0.717, 1.165) is 0 Å². The zero-order chi connectivity index (χ0) is 12.1. The Balaban J connectivity index is 2.02. The Labute approximate surface area is 110 Å². The van der Waals surface area contributed by atoms with Gasteiger partial charge in [0.2, 0.25) is 5.91 Å². The minimum absolute atomic E-state index is 0.160. The lowest BCUT2D eigenvalue weighted by atomic mass is 9.88. The zero-order valence-electron chi connectivity index (χ0n) is 10.7. The van der Waals surface area contributed by atoms with E-state index in [1.54, 1.807) is 0 Å². The first-order valence-corrected chi connectivity index (χ1v) is 7.73. The van der Waals surface area contributed by atoms with Crippen LogP contribution >= 0.6 is 11.6 Å². The summed E-state index contributed by atoms with van der Waals surface area (Å²) >= 11 is 5.79. The lowest BCUT2D eigenvalue weighted by Gasteiger charge is -2.41. The molecule has 0 saturated heterocycles. The number of carbonyl (C=O) groups is 1. The average molecular weight is 258 g/mol. The van der Waals surface area contributed by atoms with Gasteiger partial charge in [0.15, 0.2) is 0 Å². The molecule has 2 saturated carbocycles. The maximum Gasteiger partial charge on any atom is 0.237 e. The fraction of sp³-hybridized carbons (Fsp3) is 0.929. The second-order valence-electron chi connectivity index (χ2n) is 5.52. The Kier molecular flexibility index (Phi) is 5.15. The molecule has 0 N–H and O–H groups in total. The Morgan fingerprint density at radius 2 is 1.29 bits per heavy atom. The third-order valence-corrected chi connectivity index (χ3v) is 4.57. The smallest absolute Gasteiger partial charge is 0.237 e. The first-order chi connectivity index (χ1) is 8.33. The monoisotopic (exact) mass is 257 g/mol. The largest absolute Gasteiger partial charge is 0.336 e. The molecule has 0 spiro atoms. The second kappa shape index (κ2) is 6.63. The van der Waals surface area contributed by atoms with Crippen LogP contribution in [0.1, 0.15) is 64.2 Å². The minimum atomic E-state index is 0.160. The maximum absolute atomic E-state index is 12.1. The summed E-state index contributed by atoms with van der Waals surface area (Å²) in [5.74, 6) is 0.331. The SMILES string of the molecule is O=C(CCl)N(C1CCCCC1)C1CCCCC1. The van der Waals surface area contributed by atoms with Crippen LogP contribution in [-0.4, -0.2) is 28.8 Å². The molecule has 0 heterocycles. The molecule has 0 aromatic rings. The Bertz CT molecular complexity index is 227. The van der Waals surface area contributed by atoms with Gasteiger partial charge in [-0.15, -0.1) is 11.6 Å². The van der Waals surface area contributed by atoms with Crippen LogP contribution in [0.3, 0.4) is 0 Å². The highest BCUT2D eigenvalue weighted by Gasteiger charge is 2.31. The van der Waals surface area contributed by atoms with Crippen molar-refractivity contribution >= 4 is 17.5 Å². The molecule has 0 unspecified atom stereocenters. The number of hydrogen-bond acceptors (Lipinski definition) is 1. The molecule has 1 amide bonds. The fourth-order valence-corrected chi connectivity index (χ4v) is 3.63. The summed E-state index contributed by atoms with van der Waals surface area (Å²) in [6.07, 6.45) is 12.6. The van der Waals surface area contributed by atoms with Crippen molar-refractivity contribution in [3.8, 4) is 0 Å². The summed E-state index contributed by atoms with van der Waals surface area (Å²) in [7, 11) is 0. The average Bonchev–Trinajstić information content (AvgIpc) is 2.41. The molecule has 98 valence electrons. The Morgan fingerprint density at radius 1 is 0.882 bits per heavy atom. The predicted molar refractivity (Wildman–Crippen MR) is 71.3 cm³/mol. The van der Waals surface area contributed by atoms with Gasteiger partial charge in [0, 0.05) is 12.1 Å².